The Hall–Kier alpha value is -0.980. The largest absolute Gasteiger partial charge is 0.327 e. The van der Waals surface area contributed by atoms with Crippen molar-refractivity contribution in [2.45, 2.75) is 31.2 Å². The molecule has 19 heavy (non-hydrogen) atoms. The van der Waals surface area contributed by atoms with Crippen LogP contribution in [0.2, 0.25) is 0 Å². The molecule has 0 aliphatic heterocycles. The predicted molar refractivity (Wildman–Crippen MR) is 73.6 cm³/mol. The average Bonchev–Trinajstić information content (AvgIpc) is 2.35. The van der Waals surface area contributed by atoms with Crippen LogP contribution in [0.5, 0.6) is 0 Å². The Morgan fingerprint density at radius 2 is 1.79 bits per heavy atom. The van der Waals surface area contributed by atoms with Gasteiger partial charge in [-0.1, -0.05) is 13.8 Å². The monoisotopic (exact) mass is 288 g/mol. The fourth-order valence-corrected chi connectivity index (χ4v) is 2.76. The topological polar surface area (TPSA) is 63.4 Å². The van der Waals surface area contributed by atoms with Crippen molar-refractivity contribution in [1.29, 1.82) is 0 Å². The minimum Gasteiger partial charge on any atom is -0.327 e. The van der Waals surface area contributed by atoms with Crippen LogP contribution < -0.4 is 5.73 Å². The van der Waals surface area contributed by atoms with Gasteiger partial charge in [-0.3, -0.25) is 0 Å². The third-order valence-electron chi connectivity index (χ3n) is 3.16. The number of rotatable bonds is 6. The summed E-state index contributed by atoms with van der Waals surface area (Å²) in [6.45, 7) is 4.34. The zero-order valence-electron chi connectivity index (χ0n) is 11.5. The van der Waals surface area contributed by atoms with E-state index in [1.165, 1.54) is 23.5 Å². The van der Waals surface area contributed by atoms with Crippen LogP contribution in [0.15, 0.2) is 29.2 Å². The molecular formula is C13H21FN2O2S. The van der Waals surface area contributed by atoms with Gasteiger partial charge in [0.05, 0.1) is 4.90 Å². The van der Waals surface area contributed by atoms with Gasteiger partial charge in [0.1, 0.15) is 5.82 Å². The molecule has 1 unspecified atom stereocenters. The van der Waals surface area contributed by atoms with Gasteiger partial charge in [0.25, 0.3) is 0 Å². The predicted octanol–water partition coefficient (Wildman–Crippen LogP) is 1.82. The van der Waals surface area contributed by atoms with E-state index in [4.69, 9.17) is 5.73 Å². The van der Waals surface area contributed by atoms with E-state index in [1.54, 1.807) is 0 Å². The van der Waals surface area contributed by atoms with Gasteiger partial charge >= 0.3 is 0 Å². The molecule has 108 valence electrons. The summed E-state index contributed by atoms with van der Waals surface area (Å²) < 4.78 is 38.4. The lowest BCUT2D eigenvalue weighted by atomic mass is 10.0. The molecule has 4 nitrogen and oxygen atoms in total. The Morgan fingerprint density at radius 1 is 1.26 bits per heavy atom. The summed E-state index contributed by atoms with van der Waals surface area (Å²) in [6.07, 6.45) is 0.592. The molecule has 1 atom stereocenters. The van der Waals surface area contributed by atoms with E-state index in [1.807, 2.05) is 13.8 Å². The van der Waals surface area contributed by atoms with E-state index in [-0.39, 0.29) is 10.9 Å². The van der Waals surface area contributed by atoms with Gasteiger partial charge in [-0.2, -0.15) is 0 Å². The third kappa shape index (κ3) is 4.26. The molecule has 0 saturated carbocycles. The molecule has 0 heterocycles. The van der Waals surface area contributed by atoms with Crippen LogP contribution in [-0.2, 0) is 10.0 Å². The van der Waals surface area contributed by atoms with Gasteiger partial charge < -0.3 is 5.73 Å². The summed E-state index contributed by atoms with van der Waals surface area (Å²) in [5, 5.41) is 0. The van der Waals surface area contributed by atoms with Crippen LogP contribution in [-0.4, -0.2) is 32.4 Å². The number of sulfonamides is 1. The Morgan fingerprint density at radius 3 is 2.26 bits per heavy atom. The second-order valence-corrected chi connectivity index (χ2v) is 7.02. The molecule has 0 spiro atoms. The number of halogens is 1. The van der Waals surface area contributed by atoms with Gasteiger partial charge in [-0.15, -0.1) is 0 Å². The fraction of sp³-hybridized carbons (Fsp3) is 0.538. The number of nitrogens with zero attached hydrogens (tertiary/aromatic N) is 1. The zero-order valence-corrected chi connectivity index (χ0v) is 12.3. The van der Waals surface area contributed by atoms with Crippen molar-refractivity contribution < 1.29 is 12.8 Å². The summed E-state index contributed by atoms with van der Waals surface area (Å²) in [5.41, 5.74) is 5.90. The normalized spacial score (nSPS) is 14.1. The van der Waals surface area contributed by atoms with Crippen molar-refractivity contribution in [2.75, 3.05) is 13.6 Å². The summed E-state index contributed by atoms with van der Waals surface area (Å²) in [7, 11) is -2.06. The van der Waals surface area contributed by atoms with Gasteiger partial charge in [0.2, 0.25) is 10.0 Å². The number of benzene rings is 1. The molecule has 0 aliphatic rings. The van der Waals surface area contributed by atoms with Crippen molar-refractivity contribution in [3.8, 4) is 0 Å². The van der Waals surface area contributed by atoms with Crippen LogP contribution in [0.25, 0.3) is 0 Å². The van der Waals surface area contributed by atoms with Crippen molar-refractivity contribution in [1.82, 2.24) is 4.31 Å². The van der Waals surface area contributed by atoms with Gasteiger partial charge in [-0.25, -0.2) is 17.1 Å². The van der Waals surface area contributed by atoms with Crippen molar-refractivity contribution >= 4 is 10.0 Å². The number of nitrogens with two attached hydrogens (primary N) is 1. The van der Waals surface area contributed by atoms with Crippen LogP contribution in [0.4, 0.5) is 4.39 Å². The molecule has 1 rings (SSSR count). The Labute approximate surface area is 114 Å². The Balaban J connectivity index is 2.74. The van der Waals surface area contributed by atoms with E-state index < -0.39 is 15.8 Å². The molecule has 0 amide bonds. The first-order valence-electron chi connectivity index (χ1n) is 6.22. The molecule has 0 radical (unpaired) electrons. The lowest BCUT2D eigenvalue weighted by molar-refractivity contribution is 0.397. The molecule has 2 N–H and O–H groups in total. The maximum absolute atomic E-state index is 12.8. The van der Waals surface area contributed by atoms with Crippen LogP contribution in [0, 0.1) is 11.7 Å². The molecule has 0 aromatic heterocycles. The van der Waals surface area contributed by atoms with Crippen molar-refractivity contribution in [2.24, 2.45) is 11.7 Å². The fourth-order valence-electron chi connectivity index (χ4n) is 1.57. The molecule has 0 fully saturated rings. The Bertz CT molecular complexity index is 500. The van der Waals surface area contributed by atoms with Gasteiger partial charge in [-0.05, 0) is 36.6 Å². The smallest absolute Gasteiger partial charge is 0.242 e. The van der Waals surface area contributed by atoms with E-state index >= 15 is 0 Å². The van der Waals surface area contributed by atoms with E-state index in [2.05, 4.69) is 0 Å². The zero-order chi connectivity index (χ0) is 14.6. The summed E-state index contributed by atoms with van der Waals surface area (Å²) in [5.74, 6) is -0.148. The Kier molecular flexibility index (Phi) is 5.46. The summed E-state index contributed by atoms with van der Waals surface area (Å²) in [6, 6.07) is 4.78. The minimum atomic E-state index is -3.57. The molecule has 0 bridgehead atoms. The van der Waals surface area contributed by atoms with Crippen LogP contribution in [0.1, 0.15) is 20.3 Å². The third-order valence-corrected chi connectivity index (χ3v) is 5.03. The quantitative estimate of drug-likeness (QED) is 0.868. The van der Waals surface area contributed by atoms with E-state index in [0.29, 0.717) is 18.9 Å². The number of hydrogen-bond acceptors (Lipinski definition) is 3. The SMILES string of the molecule is CC(C)C(N)CCN(C)S(=O)(=O)c1ccc(F)cc1. The van der Waals surface area contributed by atoms with E-state index in [0.717, 1.165) is 12.1 Å². The van der Waals surface area contributed by atoms with Crippen LogP contribution in [0.3, 0.4) is 0 Å². The highest BCUT2D eigenvalue weighted by Crippen LogP contribution is 2.15. The van der Waals surface area contributed by atoms with Gasteiger partial charge in [0.15, 0.2) is 0 Å². The second kappa shape index (κ2) is 6.45. The summed E-state index contributed by atoms with van der Waals surface area (Å²) in [4.78, 5) is 0.0921. The standard InChI is InChI=1S/C13H21FN2O2S/c1-10(2)13(15)8-9-16(3)19(17,18)12-6-4-11(14)5-7-12/h4-7,10,13H,8-9,15H2,1-3H3. The highest BCUT2D eigenvalue weighted by Gasteiger charge is 2.21. The van der Waals surface area contributed by atoms with E-state index in [9.17, 15) is 12.8 Å². The molecule has 0 aliphatic carbocycles. The average molecular weight is 288 g/mol. The van der Waals surface area contributed by atoms with Crippen LogP contribution >= 0.6 is 0 Å². The van der Waals surface area contributed by atoms with Crippen molar-refractivity contribution in [3.05, 3.63) is 30.1 Å². The summed E-state index contributed by atoms with van der Waals surface area (Å²) >= 11 is 0. The highest BCUT2D eigenvalue weighted by molar-refractivity contribution is 7.89. The lowest BCUT2D eigenvalue weighted by Gasteiger charge is -2.21. The molecule has 6 heteroatoms. The molecule has 0 saturated heterocycles. The molecule has 1 aromatic carbocycles. The maximum Gasteiger partial charge on any atom is 0.242 e. The lowest BCUT2D eigenvalue weighted by Crippen LogP contribution is -2.34. The van der Waals surface area contributed by atoms with Crippen molar-refractivity contribution in [3.63, 3.8) is 0 Å². The second-order valence-electron chi connectivity index (χ2n) is 4.98. The molecular weight excluding hydrogens is 267 g/mol. The first-order valence-corrected chi connectivity index (χ1v) is 7.66. The first-order chi connectivity index (χ1) is 8.75. The maximum atomic E-state index is 12.8. The number of hydrogen-bond donors (Lipinski definition) is 1. The molecule has 1 aromatic rings. The first kappa shape index (κ1) is 16.1. The minimum absolute atomic E-state index is 0.0362. The highest BCUT2D eigenvalue weighted by atomic mass is 32.2. The van der Waals surface area contributed by atoms with Gasteiger partial charge in [0, 0.05) is 19.6 Å².